The molecule has 2 heterocycles. The molecule has 0 spiro atoms. The SMILES string of the molecule is CC(C)OC(=O)n1cnc2c1CN(C(=O)OC(C)(C)C)C(C(=O)O)C2. The van der Waals surface area contributed by atoms with Crippen LogP contribution in [0.2, 0.25) is 0 Å². The topological polar surface area (TPSA) is 111 Å². The van der Waals surface area contributed by atoms with Crippen LogP contribution >= 0.6 is 0 Å². The smallest absolute Gasteiger partial charge is 0.419 e. The Morgan fingerprint density at radius 3 is 2.44 bits per heavy atom. The normalized spacial score (nSPS) is 17.2. The van der Waals surface area contributed by atoms with E-state index in [1.807, 2.05) is 0 Å². The summed E-state index contributed by atoms with van der Waals surface area (Å²) in [6, 6.07) is -1.10. The van der Waals surface area contributed by atoms with Crippen LogP contribution in [0.4, 0.5) is 9.59 Å². The molecule has 1 atom stereocenters. The zero-order valence-corrected chi connectivity index (χ0v) is 15.0. The highest BCUT2D eigenvalue weighted by atomic mass is 16.6. The van der Waals surface area contributed by atoms with Crippen molar-refractivity contribution in [2.24, 2.45) is 0 Å². The molecular weight excluding hydrogens is 330 g/mol. The molecule has 138 valence electrons. The maximum Gasteiger partial charge on any atom is 0.419 e. The molecule has 2 rings (SSSR count). The molecule has 0 bridgehead atoms. The lowest BCUT2D eigenvalue weighted by Crippen LogP contribution is -2.50. The molecule has 0 fully saturated rings. The van der Waals surface area contributed by atoms with Crippen LogP contribution in [0.3, 0.4) is 0 Å². The van der Waals surface area contributed by atoms with Gasteiger partial charge in [-0.15, -0.1) is 0 Å². The number of carboxylic acids is 1. The van der Waals surface area contributed by atoms with Crippen LogP contribution in [0.1, 0.15) is 46.0 Å². The first-order valence-electron chi connectivity index (χ1n) is 7.98. The van der Waals surface area contributed by atoms with Crippen LogP contribution in [0.15, 0.2) is 6.33 Å². The molecule has 1 unspecified atom stereocenters. The number of carbonyl (C=O) groups is 3. The van der Waals surface area contributed by atoms with E-state index in [4.69, 9.17) is 9.47 Å². The van der Waals surface area contributed by atoms with Gasteiger partial charge in [0.25, 0.3) is 0 Å². The van der Waals surface area contributed by atoms with Crippen LogP contribution < -0.4 is 0 Å². The molecule has 0 aliphatic carbocycles. The largest absolute Gasteiger partial charge is 0.480 e. The summed E-state index contributed by atoms with van der Waals surface area (Å²) < 4.78 is 11.6. The third-order valence-electron chi connectivity index (χ3n) is 3.48. The first kappa shape index (κ1) is 18.8. The molecule has 1 aliphatic rings. The molecule has 1 aromatic heterocycles. The number of carbonyl (C=O) groups excluding carboxylic acids is 2. The van der Waals surface area contributed by atoms with Gasteiger partial charge in [0.1, 0.15) is 18.0 Å². The summed E-state index contributed by atoms with van der Waals surface area (Å²) in [5.41, 5.74) is 0.110. The number of aliphatic carboxylic acids is 1. The highest BCUT2D eigenvalue weighted by Crippen LogP contribution is 2.25. The van der Waals surface area contributed by atoms with E-state index in [2.05, 4.69) is 4.98 Å². The molecule has 9 nitrogen and oxygen atoms in total. The Kier molecular flexibility index (Phi) is 5.05. The van der Waals surface area contributed by atoms with Crippen LogP contribution in [0.5, 0.6) is 0 Å². The lowest BCUT2D eigenvalue weighted by Gasteiger charge is -2.34. The number of amides is 1. The van der Waals surface area contributed by atoms with E-state index >= 15 is 0 Å². The molecule has 1 aromatic rings. The van der Waals surface area contributed by atoms with E-state index in [0.29, 0.717) is 11.4 Å². The molecule has 0 saturated carbocycles. The van der Waals surface area contributed by atoms with E-state index in [-0.39, 0.29) is 19.1 Å². The van der Waals surface area contributed by atoms with Crippen molar-refractivity contribution < 1.29 is 29.0 Å². The van der Waals surface area contributed by atoms with Gasteiger partial charge in [-0.25, -0.2) is 23.9 Å². The Balaban J connectivity index is 2.32. The summed E-state index contributed by atoms with van der Waals surface area (Å²) in [7, 11) is 0. The van der Waals surface area contributed by atoms with Crippen LogP contribution in [0, 0.1) is 0 Å². The van der Waals surface area contributed by atoms with Crippen LogP contribution in [-0.2, 0) is 27.2 Å². The Morgan fingerprint density at radius 2 is 1.92 bits per heavy atom. The molecular formula is C16H23N3O6. The summed E-state index contributed by atoms with van der Waals surface area (Å²) in [4.78, 5) is 41.3. The number of hydrogen-bond acceptors (Lipinski definition) is 6. The summed E-state index contributed by atoms with van der Waals surface area (Å²) in [5, 5.41) is 9.44. The van der Waals surface area contributed by atoms with Gasteiger partial charge in [-0.2, -0.15) is 0 Å². The molecule has 9 heteroatoms. The second-order valence-electron chi connectivity index (χ2n) is 7.11. The van der Waals surface area contributed by atoms with Crippen LogP contribution in [-0.4, -0.2) is 55.5 Å². The molecule has 0 saturated heterocycles. The first-order valence-corrected chi connectivity index (χ1v) is 7.98. The predicted octanol–water partition coefficient (Wildman–Crippen LogP) is 2.02. The van der Waals surface area contributed by atoms with Gasteiger partial charge in [0.05, 0.1) is 24.0 Å². The van der Waals surface area contributed by atoms with Gasteiger partial charge in [-0.3, -0.25) is 4.90 Å². The number of imidazole rings is 1. The van der Waals surface area contributed by atoms with E-state index < -0.39 is 29.8 Å². The minimum absolute atomic E-state index is 0.00807. The minimum atomic E-state index is -1.16. The molecule has 0 aromatic carbocycles. The zero-order valence-electron chi connectivity index (χ0n) is 15.0. The highest BCUT2D eigenvalue weighted by molar-refractivity contribution is 5.81. The van der Waals surface area contributed by atoms with Gasteiger partial charge in [-0.1, -0.05) is 0 Å². The standard InChI is InChI=1S/C16H23N3O6/c1-9(2)24-14(22)19-8-17-10-6-11(13(20)21)18(7-12(10)19)15(23)25-16(3,4)5/h8-9,11H,6-7H2,1-5H3,(H,20,21). The fourth-order valence-electron chi connectivity index (χ4n) is 2.46. The van der Waals surface area contributed by atoms with Gasteiger partial charge in [0.15, 0.2) is 0 Å². The number of nitrogens with zero attached hydrogens (tertiary/aromatic N) is 3. The Bertz CT molecular complexity index is 689. The molecule has 1 N–H and O–H groups in total. The Labute approximate surface area is 145 Å². The van der Waals surface area contributed by atoms with Crippen molar-refractivity contribution in [2.75, 3.05) is 0 Å². The first-order chi connectivity index (χ1) is 11.5. The average molecular weight is 353 g/mol. The molecule has 0 radical (unpaired) electrons. The Morgan fingerprint density at radius 1 is 1.28 bits per heavy atom. The fraction of sp³-hybridized carbons (Fsp3) is 0.625. The maximum absolute atomic E-state index is 12.4. The lowest BCUT2D eigenvalue weighted by molar-refractivity contribution is -0.143. The van der Waals surface area contributed by atoms with Crippen molar-refractivity contribution in [3.63, 3.8) is 0 Å². The summed E-state index contributed by atoms with van der Waals surface area (Å²) in [5.74, 6) is -1.16. The fourth-order valence-corrected chi connectivity index (χ4v) is 2.46. The van der Waals surface area contributed by atoms with Crippen molar-refractivity contribution in [3.8, 4) is 0 Å². The maximum atomic E-state index is 12.4. The van der Waals surface area contributed by atoms with Gasteiger partial charge in [0.2, 0.25) is 0 Å². The van der Waals surface area contributed by atoms with Gasteiger partial charge in [-0.05, 0) is 34.6 Å². The summed E-state index contributed by atoms with van der Waals surface area (Å²) >= 11 is 0. The number of rotatable bonds is 2. The number of aromatic nitrogens is 2. The van der Waals surface area contributed by atoms with E-state index in [1.165, 1.54) is 10.9 Å². The highest BCUT2D eigenvalue weighted by Gasteiger charge is 2.39. The summed E-state index contributed by atoms with van der Waals surface area (Å²) in [6.07, 6.45) is -0.418. The van der Waals surface area contributed by atoms with E-state index in [9.17, 15) is 19.5 Å². The second kappa shape index (κ2) is 6.73. The third kappa shape index (κ3) is 4.28. The average Bonchev–Trinajstić information content (AvgIpc) is 2.86. The number of carboxylic acid groups (broad SMARTS) is 1. The van der Waals surface area contributed by atoms with Gasteiger partial charge in [0, 0.05) is 6.42 Å². The van der Waals surface area contributed by atoms with Gasteiger partial charge < -0.3 is 14.6 Å². The molecule has 25 heavy (non-hydrogen) atoms. The predicted molar refractivity (Wildman–Crippen MR) is 86.1 cm³/mol. The van der Waals surface area contributed by atoms with Gasteiger partial charge >= 0.3 is 18.2 Å². The van der Waals surface area contributed by atoms with E-state index in [0.717, 1.165) is 4.90 Å². The Hall–Kier alpha value is -2.58. The van der Waals surface area contributed by atoms with Crippen molar-refractivity contribution in [1.82, 2.24) is 14.5 Å². The van der Waals surface area contributed by atoms with E-state index in [1.54, 1.807) is 34.6 Å². The number of ether oxygens (including phenoxy) is 2. The van der Waals surface area contributed by atoms with Crippen LogP contribution in [0.25, 0.3) is 0 Å². The third-order valence-corrected chi connectivity index (χ3v) is 3.48. The minimum Gasteiger partial charge on any atom is -0.480 e. The van der Waals surface area contributed by atoms with Crippen molar-refractivity contribution in [1.29, 1.82) is 0 Å². The van der Waals surface area contributed by atoms with Crippen molar-refractivity contribution >= 4 is 18.2 Å². The molecule has 1 amide bonds. The van der Waals surface area contributed by atoms with Crippen molar-refractivity contribution in [2.45, 2.75) is 65.3 Å². The summed E-state index contributed by atoms with van der Waals surface area (Å²) in [6.45, 7) is 8.42. The number of fused-ring (bicyclic) bond motifs is 1. The lowest BCUT2D eigenvalue weighted by atomic mass is 10.0. The number of hydrogen-bond donors (Lipinski definition) is 1. The second-order valence-corrected chi connectivity index (χ2v) is 7.11. The quantitative estimate of drug-likeness (QED) is 0.866. The molecule has 1 aliphatic heterocycles. The monoisotopic (exact) mass is 353 g/mol. The van der Waals surface area contributed by atoms with Crippen molar-refractivity contribution in [3.05, 3.63) is 17.7 Å². The zero-order chi connectivity index (χ0) is 18.9.